The number of ether oxygens (including phenoxy) is 5. The van der Waals surface area contributed by atoms with Gasteiger partial charge in [-0.25, -0.2) is 9.59 Å². The molecular weight excluding hydrogens is 634 g/mol. The molecule has 2 N–H and O–H groups in total. The zero-order valence-corrected chi connectivity index (χ0v) is 28.8. The van der Waals surface area contributed by atoms with Gasteiger partial charge in [0.05, 0.1) is 24.1 Å². The Balaban J connectivity index is 1.45. The lowest BCUT2D eigenvalue weighted by atomic mass is 10.1. The Morgan fingerprint density at radius 1 is 1.06 bits per heavy atom. The molecule has 1 aliphatic rings. The van der Waals surface area contributed by atoms with Gasteiger partial charge in [0.2, 0.25) is 0 Å². The van der Waals surface area contributed by atoms with Crippen LogP contribution in [0.3, 0.4) is 0 Å². The summed E-state index contributed by atoms with van der Waals surface area (Å²) in [5.41, 5.74) is 0.487. The average molecular weight is 678 g/mol. The van der Waals surface area contributed by atoms with Gasteiger partial charge >= 0.3 is 12.1 Å². The number of methoxy groups -OCH3 is 1. The summed E-state index contributed by atoms with van der Waals surface area (Å²) in [5.74, 6) is 1.19. The van der Waals surface area contributed by atoms with Crippen molar-refractivity contribution < 1.29 is 38.1 Å². The van der Waals surface area contributed by atoms with Crippen LogP contribution in [0.15, 0.2) is 72.3 Å². The molecule has 1 atom stereocenters. The zero-order chi connectivity index (χ0) is 34.7. The molecule has 0 bridgehead atoms. The number of rotatable bonds is 14. The van der Waals surface area contributed by atoms with Crippen molar-refractivity contribution in [1.29, 1.82) is 0 Å². The SMILES string of the molecule is C=C/C=C(\SC)C(=O)Nc1ccc(Oc2ccnc3cc(OCCC(NC(=O)OC(C)(C)C)C(=O)OC4CCCC4)c(OC)cc23)cc1. The van der Waals surface area contributed by atoms with Gasteiger partial charge in [-0.3, -0.25) is 9.78 Å². The van der Waals surface area contributed by atoms with E-state index >= 15 is 0 Å². The highest BCUT2D eigenvalue weighted by Crippen LogP contribution is 2.37. The van der Waals surface area contributed by atoms with Gasteiger partial charge in [-0.15, -0.1) is 11.8 Å². The average Bonchev–Trinajstić information content (AvgIpc) is 3.56. The first-order chi connectivity index (χ1) is 23.0. The number of anilines is 1. The van der Waals surface area contributed by atoms with Crippen molar-refractivity contribution in [2.45, 2.75) is 70.6 Å². The van der Waals surface area contributed by atoms with Crippen LogP contribution in [0.4, 0.5) is 10.5 Å². The largest absolute Gasteiger partial charge is 0.493 e. The van der Waals surface area contributed by atoms with Gasteiger partial charge in [-0.2, -0.15) is 0 Å². The second-order valence-corrected chi connectivity index (χ2v) is 12.9. The standard InChI is InChI=1S/C36H43N3O8S/c1-7-10-32(48-6)33(40)38-23-13-15-25(16-14-23)45-29-17-19-37-28-22-31(30(43-5)21-26(28)29)44-20-18-27(39-35(42)47-36(2,3)4)34(41)46-24-11-8-9-12-24/h7,10,13-17,19,21-22,24,27H,1,8-9,11-12,18,20H2,2-6H3,(H,38,40)(H,39,42)/b32-10-. The number of aromatic nitrogens is 1. The van der Waals surface area contributed by atoms with Crippen LogP contribution in [0, 0.1) is 0 Å². The minimum absolute atomic E-state index is 0.0724. The number of thioether (sulfide) groups is 1. The van der Waals surface area contributed by atoms with Crippen LogP contribution in [0.2, 0.25) is 0 Å². The third-order valence-electron chi connectivity index (χ3n) is 7.26. The molecule has 0 radical (unpaired) electrons. The summed E-state index contributed by atoms with van der Waals surface area (Å²) >= 11 is 1.34. The summed E-state index contributed by atoms with van der Waals surface area (Å²) < 4.78 is 28.9. The molecule has 1 unspecified atom stereocenters. The maximum absolute atomic E-state index is 13.0. The molecule has 1 aromatic heterocycles. The number of fused-ring (bicyclic) bond motifs is 1. The van der Waals surface area contributed by atoms with Gasteiger partial charge in [-0.1, -0.05) is 12.7 Å². The van der Waals surface area contributed by atoms with Crippen LogP contribution < -0.4 is 24.8 Å². The lowest BCUT2D eigenvalue weighted by Crippen LogP contribution is -2.45. The number of amides is 2. The Bertz CT molecular complexity index is 1630. The topological polar surface area (TPSA) is 134 Å². The summed E-state index contributed by atoms with van der Waals surface area (Å²) in [6.45, 7) is 8.97. The fourth-order valence-electron chi connectivity index (χ4n) is 5.00. The van der Waals surface area contributed by atoms with E-state index in [2.05, 4.69) is 22.2 Å². The van der Waals surface area contributed by atoms with Crippen LogP contribution in [-0.4, -0.2) is 60.7 Å². The Labute approximate surface area is 285 Å². The van der Waals surface area contributed by atoms with Gasteiger partial charge in [0.25, 0.3) is 5.91 Å². The van der Waals surface area contributed by atoms with Crippen LogP contribution in [-0.2, 0) is 19.1 Å². The first-order valence-electron chi connectivity index (χ1n) is 15.7. The summed E-state index contributed by atoms with van der Waals surface area (Å²) in [5, 5.41) is 6.19. The molecule has 256 valence electrons. The predicted octanol–water partition coefficient (Wildman–Crippen LogP) is 7.56. The molecule has 1 fully saturated rings. The van der Waals surface area contributed by atoms with Crippen LogP contribution in [0.25, 0.3) is 10.9 Å². The maximum Gasteiger partial charge on any atom is 0.408 e. The Kier molecular flexibility index (Phi) is 12.7. The van der Waals surface area contributed by atoms with Gasteiger partial charge in [0.15, 0.2) is 11.5 Å². The molecule has 0 saturated heterocycles. The number of nitrogens with one attached hydrogen (secondary N) is 2. The summed E-state index contributed by atoms with van der Waals surface area (Å²) in [4.78, 5) is 43.1. The van der Waals surface area contributed by atoms with E-state index in [4.69, 9.17) is 23.7 Å². The maximum atomic E-state index is 13.0. The number of alkyl carbamates (subject to hydrolysis) is 1. The van der Waals surface area contributed by atoms with E-state index in [9.17, 15) is 14.4 Å². The number of esters is 1. The lowest BCUT2D eigenvalue weighted by Gasteiger charge is -2.24. The van der Waals surface area contributed by atoms with Gasteiger partial charge < -0.3 is 34.3 Å². The van der Waals surface area contributed by atoms with Crippen molar-refractivity contribution in [2.75, 3.05) is 25.3 Å². The highest BCUT2D eigenvalue weighted by Gasteiger charge is 2.29. The number of hydrogen-bond donors (Lipinski definition) is 2. The van der Waals surface area contributed by atoms with Crippen LogP contribution in [0.1, 0.15) is 52.9 Å². The summed E-state index contributed by atoms with van der Waals surface area (Å²) in [7, 11) is 1.52. The van der Waals surface area contributed by atoms with Crippen molar-refractivity contribution in [3.63, 3.8) is 0 Å². The predicted molar refractivity (Wildman–Crippen MR) is 187 cm³/mol. The molecule has 1 saturated carbocycles. The molecule has 1 heterocycles. The minimum Gasteiger partial charge on any atom is -0.493 e. The molecule has 2 amide bonds. The smallest absolute Gasteiger partial charge is 0.408 e. The van der Waals surface area contributed by atoms with E-state index in [0.29, 0.717) is 44.5 Å². The van der Waals surface area contributed by atoms with Crippen molar-refractivity contribution in [3.05, 3.63) is 72.3 Å². The van der Waals surface area contributed by atoms with E-state index in [1.807, 2.05) is 6.26 Å². The normalized spacial score (nSPS) is 14.1. The van der Waals surface area contributed by atoms with Crippen LogP contribution >= 0.6 is 11.8 Å². The van der Waals surface area contributed by atoms with Gasteiger partial charge in [-0.05, 0) is 95.2 Å². The van der Waals surface area contributed by atoms with Crippen molar-refractivity contribution in [2.24, 2.45) is 0 Å². The first-order valence-corrected chi connectivity index (χ1v) is 17.0. The fraction of sp³-hybridized carbons (Fsp3) is 0.389. The number of hydrogen-bond acceptors (Lipinski definition) is 10. The van der Waals surface area contributed by atoms with Crippen molar-refractivity contribution in [3.8, 4) is 23.0 Å². The molecule has 4 rings (SSSR count). The third-order valence-corrected chi connectivity index (χ3v) is 8.03. The molecular formula is C36H43N3O8S. The van der Waals surface area contributed by atoms with E-state index in [-0.39, 0.29) is 25.0 Å². The quantitative estimate of drug-likeness (QED) is 0.100. The Hall–Kier alpha value is -4.71. The number of allylic oxidation sites excluding steroid dienone is 2. The second kappa shape index (κ2) is 16.9. The highest BCUT2D eigenvalue weighted by molar-refractivity contribution is 8.03. The summed E-state index contributed by atoms with van der Waals surface area (Å²) in [6, 6.07) is 11.3. The van der Waals surface area contributed by atoms with E-state index in [1.54, 1.807) is 81.6 Å². The van der Waals surface area contributed by atoms with Gasteiger partial charge in [0.1, 0.15) is 29.2 Å². The van der Waals surface area contributed by atoms with Crippen molar-refractivity contribution in [1.82, 2.24) is 10.3 Å². The van der Waals surface area contributed by atoms with Crippen LogP contribution in [0.5, 0.6) is 23.0 Å². The number of carbonyl (C=O) groups is 3. The number of carbonyl (C=O) groups excluding carboxylic acids is 3. The van der Waals surface area contributed by atoms with Gasteiger partial charge in [0, 0.05) is 29.8 Å². The first kappa shape index (κ1) is 36.1. The molecule has 48 heavy (non-hydrogen) atoms. The monoisotopic (exact) mass is 677 g/mol. The highest BCUT2D eigenvalue weighted by atomic mass is 32.2. The third kappa shape index (κ3) is 10.4. The molecule has 3 aromatic rings. The number of pyridine rings is 1. The van der Waals surface area contributed by atoms with E-state index in [0.717, 1.165) is 25.7 Å². The zero-order valence-electron chi connectivity index (χ0n) is 28.0. The van der Waals surface area contributed by atoms with E-state index < -0.39 is 23.7 Å². The minimum atomic E-state index is -0.957. The molecule has 0 spiro atoms. The molecule has 2 aromatic carbocycles. The second-order valence-electron chi connectivity index (χ2n) is 12.1. The molecule has 11 nitrogen and oxygen atoms in total. The van der Waals surface area contributed by atoms with Crippen molar-refractivity contribution >= 4 is 46.3 Å². The molecule has 0 aliphatic heterocycles. The molecule has 1 aliphatic carbocycles. The Morgan fingerprint density at radius 3 is 2.44 bits per heavy atom. The Morgan fingerprint density at radius 2 is 1.79 bits per heavy atom. The van der Waals surface area contributed by atoms with E-state index in [1.165, 1.54) is 18.9 Å². The summed E-state index contributed by atoms with van der Waals surface area (Å²) in [6.07, 6.45) is 9.60. The number of nitrogens with zero attached hydrogens (tertiary/aromatic N) is 1. The number of benzene rings is 2. The lowest BCUT2D eigenvalue weighted by molar-refractivity contribution is -0.151. The fourth-order valence-corrected chi connectivity index (χ4v) is 5.47. The molecule has 12 heteroatoms.